The van der Waals surface area contributed by atoms with Gasteiger partial charge in [0.15, 0.2) is 11.5 Å². The van der Waals surface area contributed by atoms with Crippen LogP contribution in [0.4, 0.5) is 19.0 Å². The fraction of sp³-hybridized carbons (Fsp3) is 0.679. The van der Waals surface area contributed by atoms with Gasteiger partial charge in [-0.2, -0.15) is 23.3 Å². The van der Waals surface area contributed by atoms with Crippen molar-refractivity contribution in [3.8, 4) is 0 Å². The van der Waals surface area contributed by atoms with Crippen LogP contribution in [0.15, 0.2) is 10.8 Å². The number of nitrogens with zero attached hydrogens (tertiary/aromatic N) is 7. The fourth-order valence-electron chi connectivity index (χ4n) is 6.45. The van der Waals surface area contributed by atoms with Crippen LogP contribution in [0.1, 0.15) is 79.1 Å². The summed E-state index contributed by atoms with van der Waals surface area (Å²) in [6.07, 6.45) is 2.43. The number of amides is 2. The van der Waals surface area contributed by atoms with E-state index in [-0.39, 0.29) is 24.5 Å². The van der Waals surface area contributed by atoms with E-state index in [4.69, 9.17) is 24.4 Å². The summed E-state index contributed by atoms with van der Waals surface area (Å²) in [4.78, 5) is 37.6. The van der Waals surface area contributed by atoms with E-state index in [9.17, 15) is 22.8 Å². The van der Waals surface area contributed by atoms with Gasteiger partial charge in [-0.3, -0.25) is 9.59 Å². The predicted molar refractivity (Wildman–Crippen MR) is 149 cm³/mol. The molecule has 16 heteroatoms. The highest BCUT2D eigenvalue weighted by molar-refractivity contribution is 5.93. The van der Waals surface area contributed by atoms with Crippen LogP contribution < -0.4 is 15.5 Å². The van der Waals surface area contributed by atoms with Crippen molar-refractivity contribution in [1.29, 1.82) is 0 Å². The molecule has 3 aromatic heterocycles. The van der Waals surface area contributed by atoms with Crippen molar-refractivity contribution >= 4 is 23.4 Å². The second kappa shape index (κ2) is 12.7. The number of nitrogens with one attached hydrogen (secondary N) is 2. The molecular weight excluding hydrogens is 583 g/mol. The number of morpholine rings is 1. The predicted octanol–water partition coefficient (Wildman–Crippen LogP) is 2.81. The van der Waals surface area contributed by atoms with Crippen molar-refractivity contribution in [1.82, 2.24) is 40.5 Å². The minimum Gasteiger partial charge on any atom is -0.378 e. The number of fused-ring (bicyclic) bond motifs is 1. The summed E-state index contributed by atoms with van der Waals surface area (Å²) in [5.41, 5.74) is 1.57. The first kappa shape index (κ1) is 30.2. The lowest BCUT2D eigenvalue weighted by Crippen LogP contribution is -2.47. The second-order valence-corrected chi connectivity index (χ2v) is 11.8. The Morgan fingerprint density at radius 1 is 1.14 bits per heavy atom. The molecule has 0 radical (unpaired) electrons. The van der Waals surface area contributed by atoms with Gasteiger partial charge in [0.25, 0.3) is 11.7 Å². The topological polar surface area (TPSA) is 153 Å². The molecule has 3 atom stereocenters. The molecule has 1 saturated carbocycles. The van der Waals surface area contributed by atoms with Gasteiger partial charge in [0.2, 0.25) is 5.91 Å². The molecular formula is C28H36F3N9O4. The fourth-order valence-corrected chi connectivity index (χ4v) is 6.45. The highest BCUT2D eigenvalue weighted by Crippen LogP contribution is 2.36. The van der Waals surface area contributed by atoms with E-state index < -0.39 is 42.4 Å². The quantitative estimate of drug-likeness (QED) is 0.385. The first-order chi connectivity index (χ1) is 21.2. The van der Waals surface area contributed by atoms with Crippen LogP contribution in [0.3, 0.4) is 0 Å². The zero-order valence-electron chi connectivity index (χ0n) is 24.5. The summed E-state index contributed by atoms with van der Waals surface area (Å²) in [5.74, 6) is -2.50. The Morgan fingerprint density at radius 2 is 1.91 bits per heavy atom. The molecule has 44 heavy (non-hydrogen) atoms. The summed E-state index contributed by atoms with van der Waals surface area (Å²) in [7, 11) is 0. The molecule has 2 N–H and O–H groups in total. The second-order valence-electron chi connectivity index (χ2n) is 11.8. The molecule has 0 spiro atoms. The zero-order valence-corrected chi connectivity index (χ0v) is 24.5. The van der Waals surface area contributed by atoms with Gasteiger partial charge in [0.05, 0.1) is 37.1 Å². The lowest BCUT2D eigenvalue weighted by Gasteiger charge is -2.32. The number of carbonyl (C=O) groups excluding carboxylic acids is 2. The number of rotatable bonds is 8. The van der Waals surface area contributed by atoms with E-state index in [1.54, 1.807) is 6.20 Å². The summed E-state index contributed by atoms with van der Waals surface area (Å²) >= 11 is 0. The number of alkyl halides is 3. The molecule has 3 aliphatic rings. The zero-order chi connectivity index (χ0) is 30.8. The largest absolute Gasteiger partial charge is 0.393 e. The van der Waals surface area contributed by atoms with Crippen LogP contribution >= 0.6 is 0 Å². The molecule has 13 nitrogen and oxygen atoms in total. The minimum absolute atomic E-state index is 0.0106. The van der Waals surface area contributed by atoms with E-state index in [0.717, 1.165) is 32.1 Å². The van der Waals surface area contributed by atoms with Crippen LogP contribution in [-0.4, -0.2) is 80.7 Å². The summed E-state index contributed by atoms with van der Waals surface area (Å²) in [5, 5.41) is 17.9. The van der Waals surface area contributed by atoms with Crippen molar-refractivity contribution in [2.45, 2.75) is 70.5 Å². The number of halogens is 3. The number of aryl methyl sites for hydroxylation is 1. The minimum atomic E-state index is -4.41. The van der Waals surface area contributed by atoms with Crippen molar-refractivity contribution in [2.75, 3.05) is 37.7 Å². The van der Waals surface area contributed by atoms with Crippen molar-refractivity contribution in [2.24, 2.45) is 17.8 Å². The van der Waals surface area contributed by atoms with Gasteiger partial charge in [0.1, 0.15) is 11.4 Å². The van der Waals surface area contributed by atoms with Gasteiger partial charge < -0.3 is 20.3 Å². The molecule has 2 aliphatic heterocycles. The molecule has 0 bridgehead atoms. The number of imidazole rings is 1. The molecule has 0 aromatic carbocycles. The lowest BCUT2D eigenvalue weighted by molar-refractivity contribution is -0.183. The average Bonchev–Trinajstić information content (AvgIpc) is 3.68. The number of aromatic nitrogens is 6. The van der Waals surface area contributed by atoms with Gasteiger partial charge in [-0.25, -0.2) is 14.1 Å². The van der Waals surface area contributed by atoms with Gasteiger partial charge in [-0.05, 0) is 36.8 Å². The Kier molecular flexibility index (Phi) is 8.69. The summed E-state index contributed by atoms with van der Waals surface area (Å²) in [6, 6.07) is -0.459. The third kappa shape index (κ3) is 6.35. The average molecular weight is 620 g/mol. The molecule has 2 amide bonds. The number of piperidine rings is 1. The maximum absolute atomic E-state index is 13.6. The van der Waals surface area contributed by atoms with E-state index in [0.29, 0.717) is 61.4 Å². The molecule has 2 saturated heterocycles. The first-order valence-electron chi connectivity index (χ1n) is 15.3. The summed E-state index contributed by atoms with van der Waals surface area (Å²) < 4.78 is 52.5. The smallest absolute Gasteiger partial charge is 0.378 e. The van der Waals surface area contributed by atoms with Gasteiger partial charge in [-0.15, -0.1) is 0 Å². The molecule has 6 rings (SSSR count). The van der Waals surface area contributed by atoms with Crippen molar-refractivity contribution in [3.05, 3.63) is 29.0 Å². The first-order valence-corrected chi connectivity index (χ1v) is 15.3. The maximum atomic E-state index is 13.6. The van der Waals surface area contributed by atoms with E-state index in [1.807, 2.05) is 11.8 Å². The maximum Gasteiger partial charge on any atom is 0.393 e. The molecule has 238 valence electrons. The van der Waals surface area contributed by atoms with Gasteiger partial charge in [-0.1, -0.05) is 31.3 Å². The Bertz CT molecular complexity index is 1480. The third-order valence-electron chi connectivity index (χ3n) is 8.89. The lowest BCUT2D eigenvalue weighted by atomic mass is 9.82. The standard InChI is InChI=1S/C28H36F3N9O4/c1-2-19-23(38-44-37-19)26(42)34-22(16-6-4-3-5-7-16)21-15-40-27(33-21)35-24(39-8-10-43-11-9-39)20(36-40)13-17-12-18(28(29,30)31)14-32-25(17)41/h15-18,22H,2-14H2,1H3,(H,32,41)(H,34,42)/t17-,18-,22+/m1/s1. The van der Waals surface area contributed by atoms with Crippen LogP contribution in [0, 0.1) is 17.8 Å². The van der Waals surface area contributed by atoms with E-state index in [1.165, 1.54) is 4.52 Å². The van der Waals surface area contributed by atoms with Crippen molar-refractivity contribution < 1.29 is 32.1 Å². The van der Waals surface area contributed by atoms with Gasteiger partial charge >= 0.3 is 6.18 Å². The molecule has 1 aliphatic carbocycles. The molecule has 0 unspecified atom stereocenters. The third-order valence-corrected chi connectivity index (χ3v) is 8.89. The number of ether oxygens (including phenoxy) is 1. The molecule has 3 fully saturated rings. The van der Waals surface area contributed by atoms with E-state index in [2.05, 4.69) is 20.9 Å². The van der Waals surface area contributed by atoms with Crippen molar-refractivity contribution in [3.63, 3.8) is 0 Å². The molecule has 3 aromatic rings. The normalized spacial score (nSPS) is 22.6. The number of anilines is 1. The Morgan fingerprint density at radius 3 is 2.64 bits per heavy atom. The summed E-state index contributed by atoms with van der Waals surface area (Å²) in [6.45, 7) is 3.37. The van der Waals surface area contributed by atoms with E-state index >= 15 is 0 Å². The number of hydrogen-bond acceptors (Lipinski definition) is 10. The number of hydrogen-bond donors (Lipinski definition) is 2. The van der Waals surface area contributed by atoms with Gasteiger partial charge in [0, 0.05) is 32.0 Å². The van der Waals surface area contributed by atoms with Crippen LogP contribution in [-0.2, 0) is 22.4 Å². The highest BCUT2D eigenvalue weighted by Gasteiger charge is 2.45. The van der Waals surface area contributed by atoms with Crippen LogP contribution in [0.2, 0.25) is 0 Å². The number of carbonyl (C=O) groups is 2. The monoisotopic (exact) mass is 619 g/mol. The molecule has 5 heterocycles. The Labute approximate surface area is 251 Å². The Hall–Kier alpha value is -3.82. The Balaban J connectivity index is 1.35. The van der Waals surface area contributed by atoms with Crippen LogP contribution in [0.5, 0.6) is 0 Å². The SMILES string of the molecule is CCc1nonc1C(=O)N[C@H](c1cn2nc(C[C@H]3C[C@@H](C(F)(F)F)CNC3=O)c(N3CCOCC3)nc2n1)C1CCCCC1. The highest BCUT2D eigenvalue weighted by atomic mass is 19.4. The van der Waals surface area contributed by atoms with Crippen LogP contribution in [0.25, 0.3) is 5.78 Å².